The smallest absolute Gasteiger partial charge is 0.270 e. The molecule has 1 fully saturated rings. The molecule has 0 bridgehead atoms. The summed E-state index contributed by atoms with van der Waals surface area (Å²) in [6, 6.07) is 12.1. The number of anilines is 1. The van der Waals surface area contributed by atoms with Crippen LogP contribution in [0.5, 0.6) is 0 Å². The quantitative estimate of drug-likeness (QED) is 0.393. The Hall–Kier alpha value is -4.01. The maximum Gasteiger partial charge on any atom is 0.270 e. The number of carbonyl (C=O) groups excluding carboxylic acids is 3. The molecule has 2 aromatic rings. The Bertz CT molecular complexity index is 981. The maximum atomic E-state index is 12.1. The van der Waals surface area contributed by atoms with Crippen molar-refractivity contribution in [2.24, 2.45) is 5.92 Å². The number of carbonyl (C=O) groups is 3. The number of nitro groups is 1. The second-order valence-electron chi connectivity index (χ2n) is 6.47. The fourth-order valence-electron chi connectivity index (χ4n) is 2.44. The Morgan fingerprint density at radius 1 is 1.03 bits per heavy atom. The van der Waals surface area contributed by atoms with Crippen LogP contribution in [0, 0.1) is 16.0 Å². The summed E-state index contributed by atoms with van der Waals surface area (Å²) in [7, 11) is 0. The van der Waals surface area contributed by atoms with Gasteiger partial charge < -0.3 is 5.32 Å². The van der Waals surface area contributed by atoms with Crippen LogP contribution in [-0.4, -0.2) is 22.6 Å². The van der Waals surface area contributed by atoms with Crippen molar-refractivity contribution in [3.63, 3.8) is 0 Å². The Morgan fingerprint density at radius 3 is 2.41 bits per heavy atom. The van der Waals surface area contributed by atoms with Gasteiger partial charge >= 0.3 is 0 Å². The topological polar surface area (TPSA) is 130 Å². The maximum absolute atomic E-state index is 12.1. The molecule has 3 N–H and O–H groups in total. The number of hydrogen-bond donors (Lipinski definition) is 3. The number of nitro benzene ring substituents is 1. The minimum atomic E-state index is -0.599. The molecule has 3 amide bonds. The van der Waals surface area contributed by atoms with Crippen LogP contribution in [0.3, 0.4) is 0 Å². The van der Waals surface area contributed by atoms with Gasteiger partial charge in [-0.25, -0.2) is 0 Å². The largest absolute Gasteiger partial charge is 0.326 e. The van der Waals surface area contributed by atoms with Gasteiger partial charge in [0.15, 0.2) is 0 Å². The zero-order valence-electron chi connectivity index (χ0n) is 15.3. The summed E-state index contributed by atoms with van der Waals surface area (Å²) >= 11 is 0. The van der Waals surface area contributed by atoms with Crippen molar-refractivity contribution in [1.29, 1.82) is 0 Å². The van der Waals surface area contributed by atoms with Gasteiger partial charge in [-0.2, -0.15) is 0 Å². The number of rotatable bonds is 6. The lowest BCUT2D eigenvalue weighted by Gasteiger charge is -2.07. The number of amides is 3. The highest BCUT2D eigenvalue weighted by atomic mass is 16.6. The molecule has 0 spiro atoms. The molecule has 3 rings (SSSR count). The van der Waals surface area contributed by atoms with Crippen molar-refractivity contribution >= 4 is 35.2 Å². The number of nitrogens with one attached hydrogen (secondary N) is 3. The fourth-order valence-corrected chi connectivity index (χ4v) is 2.44. The molecule has 0 aromatic heterocycles. The van der Waals surface area contributed by atoms with Crippen LogP contribution in [0.4, 0.5) is 11.4 Å². The molecule has 29 heavy (non-hydrogen) atoms. The molecule has 9 nitrogen and oxygen atoms in total. The van der Waals surface area contributed by atoms with E-state index in [2.05, 4.69) is 16.2 Å². The van der Waals surface area contributed by atoms with Crippen LogP contribution < -0.4 is 16.2 Å². The van der Waals surface area contributed by atoms with E-state index in [0.717, 1.165) is 18.9 Å². The molecule has 148 valence electrons. The van der Waals surface area contributed by atoms with Gasteiger partial charge in [0.25, 0.3) is 17.5 Å². The van der Waals surface area contributed by atoms with E-state index in [-0.39, 0.29) is 17.5 Å². The van der Waals surface area contributed by atoms with Gasteiger partial charge in [0.05, 0.1) is 4.92 Å². The summed E-state index contributed by atoms with van der Waals surface area (Å²) in [6.45, 7) is 0. The van der Waals surface area contributed by atoms with Crippen LogP contribution >= 0.6 is 0 Å². The number of hydrogen-bond acceptors (Lipinski definition) is 5. The highest BCUT2D eigenvalue weighted by Gasteiger charge is 2.29. The lowest BCUT2D eigenvalue weighted by atomic mass is 10.2. The van der Waals surface area contributed by atoms with Crippen LogP contribution in [-0.2, 0) is 9.59 Å². The van der Waals surface area contributed by atoms with Crippen LogP contribution in [0.1, 0.15) is 28.8 Å². The predicted octanol–water partition coefficient (Wildman–Crippen LogP) is 2.42. The lowest BCUT2D eigenvalue weighted by molar-refractivity contribution is -0.384. The molecule has 0 unspecified atom stereocenters. The van der Waals surface area contributed by atoms with Gasteiger partial charge in [-0.15, -0.1) is 0 Å². The molecule has 1 saturated carbocycles. The third kappa shape index (κ3) is 5.73. The van der Waals surface area contributed by atoms with E-state index < -0.39 is 16.7 Å². The van der Waals surface area contributed by atoms with Crippen molar-refractivity contribution in [2.45, 2.75) is 12.8 Å². The van der Waals surface area contributed by atoms with Crippen molar-refractivity contribution < 1.29 is 19.3 Å². The summed E-state index contributed by atoms with van der Waals surface area (Å²) in [5, 5.41) is 13.5. The zero-order chi connectivity index (χ0) is 20.8. The van der Waals surface area contributed by atoms with Crippen LogP contribution in [0.2, 0.25) is 0 Å². The molecule has 0 radical (unpaired) electrons. The van der Waals surface area contributed by atoms with E-state index in [1.54, 1.807) is 18.2 Å². The molecule has 9 heteroatoms. The average molecular weight is 394 g/mol. The van der Waals surface area contributed by atoms with Gasteiger partial charge in [-0.1, -0.05) is 12.1 Å². The van der Waals surface area contributed by atoms with Gasteiger partial charge in [0, 0.05) is 35.4 Å². The number of nitrogens with zero attached hydrogens (tertiary/aromatic N) is 1. The van der Waals surface area contributed by atoms with Crippen molar-refractivity contribution in [3.8, 4) is 0 Å². The lowest BCUT2D eigenvalue weighted by Crippen LogP contribution is -2.40. The first kappa shape index (κ1) is 19.7. The number of non-ortho nitro benzene ring substituents is 1. The Morgan fingerprint density at radius 2 is 1.76 bits per heavy atom. The highest BCUT2D eigenvalue weighted by Crippen LogP contribution is 2.30. The SMILES string of the molecule is O=C(/C=C/c1cccc([N+](=O)[O-])c1)NNC(=O)c1ccc(NC(=O)C2CC2)cc1. The highest BCUT2D eigenvalue weighted by molar-refractivity contribution is 5.99. The first-order valence-corrected chi connectivity index (χ1v) is 8.86. The molecule has 1 aliphatic carbocycles. The van der Waals surface area contributed by atoms with E-state index in [4.69, 9.17) is 0 Å². The van der Waals surface area contributed by atoms with Crippen LogP contribution in [0.25, 0.3) is 6.08 Å². The Labute approximate surface area is 165 Å². The first-order chi connectivity index (χ1) is 13.9. The second-order valence-corrected chi connectivity index (χ2v) is 6.47. The average Bonchev–Trinajstić information content (AvgIpc) is 3.56. The summed E-state index contributed by atoms with van der Waals surface area (Å²) in [5.74, 6) is -1.06. The summed E-state index contributed by atoms with van der Waals surface area (Å²) in [5.41, 5.74) is 5.79. The van der Waals surface area contributed by atoms with Crippen molar-refractivity contribution in [2.75, 3.05) is 5.32 Å². The predicted molar refractivity (Wildman–Crippen MR) is 106 cm³/mol. The van der Waals surface area contributed by atoms with Crippen molar-refractivity contribution in [1.82, 2.24) is 10.9 Å². The Balaban J connectivity index is 1.49. The summed E-state index contributed by atoms with van der Waals surface area (Å²) in [6.07, 6.45) is 4.35. The minimum absolute atomic E-state index is 0.0231. The number of benzene rings is 2. The van der Waals surface area contributed by atoms with E-state index in [9.17, 15) is 24.5 Å². The van der Waals surface area contributed by atoms with Crippen LogP contribution in [0.15, 0.2) is 54.6 Å². The molecular weight excluding hydrogens is 376 g/mol. The number of hydrazine groups is 1. The summed E-state index contributed by atoms with van der Waals surface area (Å²) in [4.78, 5) is 45.8. The third-order valence-corrected chi connectivity index (χ3v) is 4.17. The molecule has 2 aromatic carbocycles. The van der Waals surface area contributed by atoms with Gasteiger partial charge in [0.2, 0.25) is 5.91 Å². The van der Waals surface area contributed by atoms with Gasteiger partial charge in [-0.3, -0.25) is 35.3 Å². The van der Waals surface area contributed by atoms with E-state index in [1.807, 2.05) is 0 Å². The minimum Gasteiger partial charge on any atom is -0.326 e. The summed E-state index contributed by atoms with van der Waals surface area (Å²) < 4.78 is 0. The van der Waals surface area contributed by atoms with E-state index in [0.29, 0.717) is 16.8 Å². The van der Waals surface area contributed by atoms with E-state index in [1.165, 1.54) is 36.4 Å². The monoisotopic (exact) mass is 394 g/mol. The molecule has 0 aliphatic heterocycles. The van der Waals surface area contributed by atoms with Crippen molar-refractivity contribution in [3.05, 3.63) is 75.8 Å². The fraction of sp³-hybridized carbons (Fsp3) is 0.150. The first-order valence-electron chi connectivity index (χ1n) is 8.86. The third-order valence-electron chi connectivity index (χ3n) is 4.17. The van der Waals surface area contributed by atoms with Gasteiger partial charge in [0.1, 0.15) is 0 Å². The molecule has 1 aliphatic rings. The van der Waals surface area contributed by atoms with E-state index >= 15 is 0 Å². The molecular formula is C20H18N4O5. The second kappa shape index (κ2) is 8.79. The molecule has 0 saturated heterocycles. The Kier molecular flexibility index (Phi) is 5.98. The molecule has 0 atom stereocenters. The molecule has 0 heterocycles. The zero-order valence-corrected chi connectivity index (χ0v) is 15.3. The normalized spacial score (nSPS) is 13.0. The van der Waals surface area contributed by atoms with Gasteiger partial charge in [-0.05, 0) is 48.7 Å². The standard InChI is InChI=1S/C20H18N4O5/c25-18(11-4-13-2-1-3-17(12-13)24(28)29)22-23-20(27)15-7-9-16(10-8-15)21-19(26)14-5-6-14/h1-4,7-12,14H,5-6H2,(H,21,26)(H,22,25)(H,23,27)/b11-4+.